The second kappa shape index (κ2) is 5.67. The first kappa shape index (κ1) is 14.8. The average molecular weight is 321 g/mol. The summed E-state index contributed by atoms with van der Waals surface area (Å²) in [6.07, 6.45) is 0.856. The Balaban J connectivity index is 1.66. The van der Waals surface area contributed by atoms with E-state index in [1.165, 1.54) is 5.56 Å². The third-order valence-corrected chi connectivity index (χ3v) is 4.69. The Morgan fingerprint density at radius 2 is 2.00 bits per heavy atom. The lowest BCUT2D eigenvalue weighted by atomic mass is 9.99. The van der Waals surface area contributed by atoms with Crippen molar-refractivity contribution in [2.75, 3.05) is 13.7 Å². The van der Waals surface area contributed by atoms with Crippen LogP contribution in [0.25, 0.3) is 11.0 Å². The van der Waals surface area contributed by atoms with E-state index in [9.17, 15) is 4.79 Å². The van der Waals surface area contributed by atoms with Gasteiger partial charge in [0, 0.05) is 20.1 Å². The number of ether oxygens (including phenoxy) is 1. The Labute approximate surface area is 140 Å². The van der Waals surface area contributed by atoms with Gasteiger partial charge in [-0.25, -0.2) is 4.98 Å². The highest BCUT2D eigenvalue weighted by Gasteiger charge is 2.25. The SMILES string of the molecule is COc1ccc2c(c1)CN(C(=O)c1nc3ccccc3n1C)CC2. The van der Waals surface area contributed by atoms with Gasteiger partial charge in [0.05, 0.1) is 18.1 Å². The minimum Gasteiger partial charge on any atom is -0.497 e. The summed E-state index contributed by atoms with van der Waals surface area (Å²) in [5, 5.41) is 0. The van der Waals surface area contributed by atoms with Crippen molar-refractivity contribution in [3.63, 3.8) is 0 Å². The molecule has 0 fully saturated rings. The number of hydrogen-bond acceptors (Lipinski definition) is 3. The molecule has 0 radical (unpaired) electrons. The predicted molar refractivity (Wildman–Crippen MR) is 92.2 cm³/mol. The van der Waals surface area contributed by atoms with Crippen molar-refractivity contribution in [3.05, 3.63) is 59.4 Å². The highest BCUT2D eigenvalue weighted by molar-refractivity contribution is 5.95. The number of nitrogens with zero attached hydrogens (tertiary/aromatic N) is 3. The number of methoxy groups -OCH3 is 1. The lowest BCUT2D eigenvalue weighted by Gasteiger charge is -2.28. The zero-order chi connectivity index (χ0) is 16.7. The van der Waals surface area contributed by atoms with E-state index in [1.54, 1.807) is 7.11 Å². The van der Waals surface area contributed by atoms with E-state index in [1.807, 2.05) is 52.9 Å². The topological polar surface area (TPSA) is 47.4 Å². The Kier molecular flexibility index (Phi) is 3.49. The fourth-order valence-electron chi connectivity index (χ4n) is 3.31. The van der Waals surface area contributed by atoms with Crippen molar-refractivity contribution in [2.24, 2.45) is 7.05 Å². The number of carbonyl (C=O) groups is 1. The quantitative estimate of drug-likeness (QED) is 0.729. The second-order valence-electron chi connectivity index (χ2n) is 6.09. The van der Waals surface area contributed by atoms with Gasteiger partial charge in [0.15, 0.2) is 5.82 Å². The number of rotatable bonds is 2. The Bertz CT molecular complexity index is 930. The summed E-state index contributed by atoms with van der Waals surface area (Å²) in [6.45, 7) is 1.30. The molecule has 2 heterocycles. The molecule has 5 nitrogen and oxygen atoms in total. The normalized spacial score (nSPS) is 13.8. The molecule has 0 saturated heterocycles. The summed E-state index contributed by atoms with van der Waals surface area (Å²) in [5.41, 5.74) is 4.25. The molecule has 0 N–H and O–H groups in total. The third kappa shape index (κ3) is 2.33. The number of carbonyl (C=O) groups excluding carboxylic acids is 1. The number of hydrogen-bond donors (Lipinski definition) is 0. The Morgan fingerprint density at radius 3 is 2.79 bits per heavy atom. The molecule has 0 aliphatic carbocycles. The largest absolute Gasteiger partial charge is 0.497 e. The monoisotopic (exact) mass is 321 g/mol. The van der Waals surface area contributed by atoms with Crippen LogP contribution in [0, 0.1) is 0 Å². The van der Waals surface area contributed by atoms with Crippen LogP contribution in [0.4, 0.5) is 0 Å². The molecular formula is C19H19N3O2. The first-order chi connectivity index (χ1) is 11.7. The molecule has 4 rings (SSSR count). The van der Waals surface area contributed by atoms with E-state index in [2.05, 4.69) is 11.1 Å². The smallest absolute Gasteiger partial charge is 0.290 e. The molecular weight excluding hydrogens is 302 g/mol. The number of benzene rings is 2. The molecule has 0 saturated carbocycles. The molecule has 0 spiro atoms. The first-order valence-corrected chi connectivity index (χ1v) is 8.04. The summed E-state index contributed by atoms with van der Waals surface area (Å²) in [4.78, 5) is 19.4. The van der Waals surface area contributed by atoms with Crippen molar-refractivity contribution in [3.8, 4) is 5.75 Å². The molecule has 5 heteroatoms. The van der Waals surface area contributed by atoms with E-state index in [4.69, 9.17) is 4.74 Å². The first-order valence-electron chi connectivity index (χ1n) is 8.04. The number of fused-ring (bicyclic) bond motifs is 2. The summed E-state index contributed by atoms with van der Waals surface area (Å²) in [7, 11) is 3.55. The molecule has 2 aromatic carbocycles. The van der Waals surface area contributed by atoms with Crippen LogP contribution in [-0.2, 0) is 20.0 Å². The number of para-hydroxylation sites is 2. The summed E-state index contributed by atoms with van der Waals surface area (Å²) < 4.78 is 7.17. The van der Waals surface area contributed by atoms with Gasteiger partial charge in [-0.15, -0.1) is 0 Å². The van der Waals surface area contributed by atoms with Crippen molar-refractivity contribution < 1.29 is 9.53 Å². The van der Waals surface area contributed by atoms with Crippen LogP contribution in [0.1, 0.15) is 21.7 Å². The standard InChI is InChI=1S/C19H19N3O2/c1-21-17-6-4-3-5-16(17)20-18(21)19(23)22-10-9-13-7-8-15(24-2)11-14(13)12-22/h3-8,11H,9-10,12H2,1-2H3. The van der Waals surface area contributed by atoms with Gasteiger partial charge in [0.2, 0.25) is 0 Å². The lowest BCUT2D eigenvalue weighted by molar-refractivity contribution is 0.0719. The maximum atomic E-state index is 13.0. The predicted octanol–water partition coefficient (Wildman–Crippen LogP) is 2.78. The van der Waals surface area contributed by atoms with Crippen LogP contribution in [-0.4, -0.2) is 34.0 Å². The van der Waals surface area contributed by atoms with Crippen molar-refractivity contribution >= 4 is 16.9 Å². The zero-order valence-electron chi connectivity index (χ0n) is 13.8. The summed E-state index contributed by atoms with van der Waals surface area (Å²) >= 11 is 0. The van der Waals surface area contributed by atoms with Crippen LogP contribution < -0.4 is 4.74 Å². The molecule has 1 aromatic heterocycles. The van der Waals surface area contributed by atoms with Crippen LogP contribution >= 0.6 is 0 Å². The van der Waals surface area contributed by atoms with Crippen LogP contribution in [0.5, 0.6) is 5.75 Å². The van der Waals surface area contributed by atoms with E-state index >= 15 is 0 Å². The van der Waals surface area contributed by atoms with Crippen molar-refractivity contribution in [1.29, 1.82) is 0 Å². The lowest BCUT2D eigenvalue weighted by Crippen LogP contribution is -2.37. The maximum absolute atomic E-state index is 13.0. The number of aromatic nitrogens is 2. The number of amides is 1. The minimum absolute atomic E-state index is 0.0258. The fourth-order valence-corrected chi connectivity index (χ4v) is 3.31. The van der Waals surface area contributed by atoms with Crippen LogP contribution in [0.15, 0.2) is 42.5 Å². The van der Waals surface area contributed by atoms with E-state index in [0.717, 1.165) is 28.8 Å². The maximum Gasteiger partial charge on any atom is 0.290 e. The van der Waals surface area contributed by atoms with E-state index < -0.39 is 0 Å². The fraction of sp³-hybridized carbons (Fsp3) is 0.263. The number of imidazole rings is 1. The highest BCUT2D eigenvalue weighted by atomic mass is 16.5. The Morgan fingerprint density at radius 1 is 1.17 bits per heavy atom. The molecule has 0 unspecified atom stereocenters. The molecule has 122 valence electrons. The second-order valence-corrected chi connectivity index (χ2v) is 6.09. The molecule has 3 aromatic rings. The molecule has 0 bridgehead atoms. The van der Waals surface area contributed by atoms with Gasteiger partial charge < -0.3 is 14.2 Å². The van der Waals surface area contributed by atoms with Gasteiger partial charge in [-0.05, 0) is 41.8 Å². The molecule has 24 heavy (non-hydrogen) atoms. The van der Waals surface area contributed by atoms with Gasteiger partial charge in [-0.2, -0.15) is 0 Å². The van der Waals surface area contributed by atoms with Gasteiger partial charge in [-0.3, -0.25) is 4.79 Å². The van der Waals surface area contributed by atoms with Crippen LogP contribution in [0.3, 0.4) is 0 Å². The van der Waals surface area contributed by atoms with Crippen molar-refractivity contribution in [2.45, 2.75) is 13.0 Å². The van der Waals surface area contributed by atoms with Gasteiger partial charge in [-0.1, -0.05) is 18.2 Å². The van der Waals surface area contributed by atoms with Gasteiger partial charge >= 0.3 is 0 Å². The number of aryl methyl sites for hydroxylation is 1. The summed E-state index contributed by atoms with van der Waals surface area (Å²) in [6, 6.07) is 13.9. The molecule has 1 aliphatic heterocycles. The molecule has 0 atom stereocenters. The molecule has 1 aliphatic rings. The van der Waals surface area contributed by atoms with Crippen LogP contribution in [0.2, 0.25) is 0 Å². The highest BCUT2D eigenvalue weighted by Crippen LogP contribution is 2.25. The van der Waals surface area contributed by atoms with Gasteiger partial charge in [0.1, 0.15) is 5.75 Å². The Hall–Kier alpha value is -2.82. The van der Waals surface area contributed by atoms with E-state index in [-0.39, 0.29) is 5.91 Å². The van der Waals surface area contributed by atoms with Crippen molar-refractivity contribution in [1.82, 2.24) is 14.5 Å². The molecule has 1 amide bonds. The van der Waals surface area contributed by atoms with E-state index in [0.29, 0.717) is 18.9 Å². The summed E-state index contributed by atoms with van der Waals surface area (Å²) in [5.74, 6) is 1.29. The minimum atomic E-state index is -0.0258. The third-order valence-electron chi connectivity index (χ3n) is 4.69. The van der Waals surface area contributed by atoms with Gasteiger partial charge in [0.25, 0.3) is 5.91 Å². The zero-order valence-corrected chi connectivity index (χ0v) is 13.8. The average Bonchev–Trinajstić information content (AvgIpc) is 2.97.